The molecule has 31 heavy (non-hydrogen) atoms. The number of nitrogens with one attached hydrogen (secondary N) is 2. The van der Waals surface area contributed by atoms with Gasteiger partial charge >= 0.3 is 0 Å². The minimum Gasteiger partial charge on any atom is -0.459 e. The molecule has 4 aromatic rings. The molecule has 3 heterocycles. The molecule has 0 fully saturated rings. The van der Waals surface area contributed by atoms with Crippen molar-refractivity contribution in [1.29, 1.82) is 0 Å². The maximum Gasteiger partial charge on any atom is 0.291 e. The van der Waals surface area contributed by atoms with Crippen LogP contribution in [0, 0.1) is 27.7 Å². The summed E-state index contributed by atoms with van der Waals surface area (Å²) in [5, 5.41) is 7.46. The highest BCUT2D eigenvalue weighted by atomic mass is 32.1. The molecule has 0 aliphatic rings. The molecule has 1 aromatic carbocycles. The van der Waals surface area contributed by atoms with Crippen molar-refractivity contribution in [3.8, 4) is 0 Å². The van der Waals surface area contributed by atoms with E-state index in [9.17, 15) is 4.79 Å². The summed E-state index contributed by atoms with van der Waals surface area (Å²) in [6, 6.07) is 15.6. The molecular weight excluding hydrogens is 406 g/mol. The quantitative estimate of drug-likeness (QED) is 0.369. The summed E-state index contributed by atoms with van der Waals surface area (Å²) < 4.78 is 5.28. The number of anilines is 2. The summed E-state index contributed by atoms with van der Waals surface area (Å²) in [5.74, 6) is 0.816. The molecule has 0 saturated heterocycles. The number of aromatic nitrogens is 1. The molecule has 158 valence electrons. The number of amides is 1. The smallest absolute Gasteiger partial charge is 0.291 e. The SMILES string of the molecule is Cc1ccc([C@@H](Nc2cc(C)ccn2)c2c(NC(=O)c3ccco3)sc(C)c2C)cc1. The van der Waals surface area contributed by atoms with Gasteiger partial charge in [-0.3, -0.25) is 4.79 Å². The molecule has 4 rings (SSSR count). The van der Waals surface area contributed by atoms with E-state index in [1.165, 1.54) is 11.8 Å². The van der Waals surface area contributed by atoms with Crippen LogP contribution in [0.25, 0.3) is 0 Å². The van der Waals surface area contributed by atoms with Crippen molar-refractivity contribution < 1.29 is 9.21 Å². The van der Waals surface area contributed by atoms with Crippen LogP contribution < -0.4 is 10.6 Å². The third-order valence-corrected chi connectivity index (χ3v) is 6.45. The normalized spacial score (nSPS) is 11.9. The number of rotatable bonds is 6. The van der Waals surface area contributed by atoms with Gasteiger partial charge in [-0.15, -0.1) is 11.3 Å². The van der Waals surface area contributed by atoms with Gasteiger partial charge in [0.15, 0.2) is 5.76 Å². The fraction of sp³-hybridized carbons (Fsp3) is 0.200. The molecule has 0 radical (unpaired) electrons. The van der Waals surface area contributed by atoms with Gasteiger partial charge in [-0.1, -0.05) is 29.8 Å². The van der Waals surface area contributed by atoms with Crippen molar-refractivity contribution in [1.82, 2.24) is 4.98 Å². The highest BCUT2D eigenvalue weighted by Crippen LogP contribution is 2.41. The van der Waals surface area contributed by atoms with Crippen LogP contribution in [-0.4, -0.2) is 10.9 Å². The lowest BCUT2D eigenvalue weighted by atomic mass is 9.95. The Labute approximate surface area is 186 Å². The zero-order chi connectivity index (χ0) is 22.0. The number of aryl methyl sites for hydroxylation is 3. The molecule has 1 atom stereocenters. The van der Waals surface area contributed by atoms with Crippen LogP contribution in [0.3, 0.4) is 0 Å². The van der Waals surface area contributed by atoms with Gasteiger partial charge in [0, 0.05) is 16.6 Å². The van der Waals surface area contributed by atoms with Crippen LogP contribution in [0.1, 0.15) is 49.3 Å². The van der Waals surface area contributed by atoms with E-state index in [1.807, 2.05) is 19.1 Å². The van der Waals surface area contributed by atoms with E-state index in [0.29, 0.717) is 0 Å². The van der Waals surface area contributed by atoms with E-state index in [1.54, 1.807) is 29.7 Å². The zero-order valence-electron chi connectivity index (χ0n) is 18.0. The standard InChI is InChI=1S/C25H25N3O2S/c1-15-7-9-19(10-8-15)23(27-21-14-16(2)11-12-26-21)22-17(3)18(4)31-25(22)28-24(29)20-6-5-13-30-20/h5-14,23H,1-4H3,(H,26,27)(H,28,29)/t23-/m1/s1. The molecule has 0 aliphatic carbocycles. The number of benzene rings is 1. The number of hydrogen-bond donors (Lipinski definition) is 2. The number of thiophene rings is 1. The molecule has 0 saturated carbocycles. The average Bonchev–Trinajstić information content (AvgIpc) is 3.37. The Balaban J connectivity index is 1.78. The summed E-state index contributed by atoms with van der Waals surface area (Å²) in [6.07, 6.45) is 3.30. The molecule has 3 aromatic heterocycles. The number of carbonyl (C=O) groups is 1. The van der Waals surface area contributed by atoms with Crippen LogP contribution >= 0.6 is 11.3 Å². The van der Waals surface area contributed by atoms with Gasteiger partial charge in [0.1, 0.15) is 10.8 Å². The molecule has 2 N–H and O–H groups in total. The Kier molecular flexibility index (Phi) is 5.91. The summed E-state index contributed by atoms with van der Waals surface area (Å²) in [6.45, 7) is 8.28. The first kappa shape index (κ1) is 20.9. The summed E-state index contributed by atoms with van der Waals surface area (Å²) in [5.41, 5.74) is 5.61. The first-order chi connectivity index (χ1) is 14.9. The van der Waals surface area contributed by atoms with Crippen molar-refractivity contribution in [2.24, 2.45) is 0 Å². The average molecular weight is 432 g/mol. The minimum absolute atomic E-state index is 0.174. The minimum atomic E-state index is -0.260. The van der Waals surface area contributed by atoms with Crippen molar-refractivity contribution >= 4 is 28.1 Å². The molecule has 0 unspecified atom stereocenters. The second kappa shape index (κ2) is 8.78. The van der Waals surface area contributed by atoms with Gasteiger partial charge in [-0.25, -0.2) is 4.98 Å². The Hall–Kier alpha value is -3.38. The number of furan rings is 1. The third-order valence-electron chi connectivity index (χ3n) is 5.31. The van der Waals surface area contributed by atoms with Crippen molar-refractivity contribution in [3.63, 3.8) is 0 Å². The first-order valence-corrected chi connectivity index (χ1v) is 10.9. The van der Waals surface area contributed by atoms with Gasteiger partial charge in [-0.05, 0) is 68.7 Å². The lowest BCUT2D eigenvalue weighted by Gasteiger charge is -2.22. The van der Waals surface area contributed by atoms with Crippen LogP contribution in [-0.2, 0) is 0 Å². The van der Waals surface area contributed by atoms with Gasteiger partial charge in [0.05, 0.1) is 12.3 Å². The van der Waals surface area contributed by atoms with Crippen molar-refractivity contribution in [2.75, 3.05) is 10.6 Å². The Morgan fingerprint density at radius 3 is 2.48 bits per heavy atom. The van der Waals surface area contributed by atoms with E-state index < -0.39 is 0 Å². The van der Waals surface area contributed by atoms with Crippen LogP contribution in [0.4, 0.5) is 10.8 Å². The number of carbonyl (C=O) groups excluding carboxylic acids is 1. The Morgan fingerprint density at radius 2 is 1.81 bits per heavy atom. The van der Waals surface area contributed by atoms with Crippen LogP contribution in [0.5, 0.6) is 0 Å². The molecule has 5 nitrogen and oxygen atoms in total. The van der Waals surface area contributed by atoms with E-state index >= 15 is 0 Å². The summed E-state index contributed by atoms with van der Waals surface area (Å²) in [7, 11) is 0. The lowest BCUT2D eigenvalue weighted by molar-refractivity contribution is 0.0997. The Morgan fingerprint density at radius 1 is 1.03 bits per heavy atom. The highest BCUT2D eigenvalue weighted by Gasteiger charge is 2.25. The van der Waals surface area contributed by atoms with Gasteiger partial charge in [0.2, 0.25) is 0 Å². The summed E-state index contributed by atoms with van der Waals surface area (Å²) >= 11 is 1.57. The fourth-order valence-electron chi connectivity index (χ4n) is 3.50. The van der Waals surface area contributed by atoms with Gasteiger partial charge in [-0.2, -0.15) is 0 Å². The maximum atomic E-state index is 12.7. The largest absolute Gasteiger partial charge is 0.459 e. The van der Waals surface area contributed by atoms with Gasteiger partial charge < -0.3 is 15.1 Å². The van der Waals surface area contributed by atoms with Gasteiger partial charge in [0.25, 0.3) is 5.91 Å². The second-order valence-corrected chi connectivity index (χ2v) is 8.89. The Bertz CT molecular complexity index is 1190. The molecule has 0 aliphatic heterocycles. The molecule has 0 bridgehead atoms. The monoisotopic (exact) mass is 431 g/mol. The first-order valence-electron chi connectivity index (χ1n) is 10.1. The van der Waals surface area contributed by atoms with Crippen molar-refractivity contribution in [2.45, 2.75) is 33.7 Å². The fourth-order valence-corrected chi connectivity index (χ4v) is 4.60. The lowest BCUT2D eigenvalue weighted by Crippen LogP contribution is -2.17. The van der Waals surface area contributed by atoms with Crippen LogP contribution in [0.15, 0.2) is 65.4 Å². The number of nitrogens with zero attached hydrogens (tertiary/aromatic N) is 1. The molecule has 1 amide bonds. The van der Waals surface area contributed by atoms with E-state index in [4.69, 9.17) is 4.42 Å². The number of hydrogen-bond acceptors (Lipinski definition) is 5. The zero-order valence-corrected chi connectivity index (χ0v) is 18.8. The molecular formula is C25H25N3O2S. The predicted octanol–water partition coefficient (Wildman–Crippen LogP) is 6.42. The third kappa shape index (κ3) is 4.54. The maximum absolute atomic E-state index is 12.7. The van der Waals surface area contributed by atoms with E-state index in [0.717, 1.165) is 37.9 Å². The van der Waals surface area contributed by atoms with Crippen LogP contribution in [0.2, 0.25) is 0 Å². The van der Waals surface area contributed by atoms with E-state index in [-0.39, 0.29) is 17.7 Å². The molecule has 6 heteroatoms. The summed E-state index contributed by atoms with van der Waals surface area (Å²) in [4.78, 5) is 18.4. The highest BCUT2D eigenvalue weighted by molar-refractivity contribution is 7.16. The second-order valence-electron chi connectivity index (χ2n) is 7.66. The topological polar surface area (TPSA) is 67.2 Å². The van der Waals surface area contributed by atoms with Crippen molar-refractivity contribution in [3.05, 3.63) is 99.4 Å². The molecule has 0 spiro atoms. The van der Waals surface area contributed by atoms with E-state index in [2.05, 4.69) is 60.7 Å². The number of pyridine rings is 1. The predicted molar refractivity (Wildman–Crippen MR) is 126 cm³/mol.